The summed E-state index contributed by atoms with van der Waals surface area (Å²) in [6, 6.07) is 1.88. The lowest BCUT2D eigenvalue weighted by atomic mass is 10.4. The van der Waals surface area contributed by atoms with Crippen LogP contribution in [0.15, 0.2) is 18.6 Å². The van der Waals surface area contributed by atoms with Crippen LogP contribution in [0, 0.1) is 0 Å². The number of hydrogen-bond acceptors (Lipinski definition) is 4. The maximum Gasteiger partial charge on any atom is 0.145 e. The Balaban J connectivity index is 2.67. The maximum atomic E-state index is 5.32. The lowest BCUT2D eigenvalue weighted by Crippen LogP contribution is -2.03. The van der Waals surface area contributed by atoms with Crippen LogP contribution in [0.4, 0.5) is 0 Å². The topological polar surface area (TPSA) is 35.0 Å². The molecule has 4 heteroatoms. The van der Waals surface area contributed by atoms with E-state index in [0.29, 0.717) is 5.25 Å². The van der Waals surface area contributed by atoms with Crippen LogP contribution in [0.5, 0.6) is 0 Å². The van der Waals surface area contributed by atoms with Crippen molar-refractivity contribution in [3.63, 3.8) is 0 Å². The van der Waals surface area contributed by atoms with Gasteiger partial charge in [0.25, 0.3) is 0 Å². The Hall–Kier alpha value is -0.610. The molecule has 0 aliphatic carbocycles. The van der Waals surface area contributed by atoms with Gasteiger partial charge >= 0.3 is 0 Å². The van der Waals surface area contributed by atoms with Crippen LogP contribution in [-0.4, -0.2) is 22.3 Å². The molecule has 0 saturated heterocycles. The summed E-state index contributed by atoms with van der Waals surface area (Å²) in [6.45, 7) is 4.27. The quantitative estimate of drug-likeness (QED) is 0.695. The molecule has 0 bridgehead atoms. The molecule has 0 fully saturated rings. The molecule has 1 aromatic heterocycles. The van der Waals surface area contributed by atoms with E-state index in [-0.39, 0.29) is 5.44 Å². The highest BCUT2D eigenvalue weighted by Crippen LogP contribution is 2.30. The zero-order valence-corrected chi connectivity index (χ0v) is 8.91. The second-order valence-electron chi connectivity index (χ2n) is 2.89. The molecule has 1 rings (SSSR count). The Labute approximate surface area is 82.9 Å². The Kier molecular flexibility index (Phi) is 4.18. The normalized spacial score (nSPS) is 13.2. The fraction of sp³-hybridized carbons (Fsp3) is 0.556. The van der Waals surface area contributed by atoms with Gasteiger partial charge in [-0.3, -0.25) is 0 Å². The van der Waals surface area contributed by atoms with Gasteiger partial charge in [-0.25, -0.2) is 9.97 Å². The largest absolute Gasteiger partial charge is 0.364 e. The van der Waals surface area contributed by atoms with Gasteiger partial charge < -0.3 is 4.74 Å². The van der Waals surface area contributed by atoms with E-state index in [9.17, 15) is 0 Å². The van der Waals surface area contributed by atoms with Gasteiger partial charge in [-0.05, 0) is 6.07 Å². The van der Waals surface area contributed by atoms with Gasteiger partial charge in [0, 0.05) is 18.6 Å². The first-order valence-corrected chi connectivity index (χ1v) is 5.12. The van der Waals surface area contributed by atoms with Gasteiger partial charge in [-0.1, -0.05) is 13.8 Å². The summed E-state index contributed by atoms with van der Waals surface area (Å²) in [5, 5.41) is 0.528. The minimum atomic E-state index is 0.0167. The summed E-state index contributed by atoms with van der Waals surface area (Å²) < 4.78 is 5.32. The lowest BCUT2D eigenvalue weighted by Gasteiger charge is -2.15. The first-order chi connectivity index (χ1) is 6.24. The fourth-order valence-electron chi connectivity index (χ4n) is 0.934. The van der Waals surface area contributed by atoms with Gasteiger partial charge in [0.1, 0.15) is 11.8 Å². The van der Waals surface area contributed by atoms with Crippen molar-refractivity contribution in [2.75, 3.05) is 7.11 Å². The van der Waals surface area contributed by atoms with E-state index in [2.05, 4.69) is 23.8 Å². The van der Waals surface area contributed by atoms with Gasteiger partial charge in [-0.2, -0.15) is 0 Å². The molecule has 1 unspecified atom stereocenters. The number of methoxy groups -OCH3 is 1. The average Bonchev–Trinajstić information content (AvgIpc) is 2.15. The van der Waals surface area contributed by atoms with E-state index < -0.39 is 0 Å². The molecular weight excluding hydrogens is 184 g/mol. The van der Waals surface area contributed by atoms with Crippen LogP contribution in [0.2, 0.25) is 0 Å². The Morgan fingerprint density at radius 2 is 2.23 bits per heavy atom. The van der Waals surface area contributed by atoms with E-state index in [4.69, 9.17) is 4.74 Å². The summed E-state index contributed by atoms with van der Waals surface area (Å²) >= 11 is 1.74. The van der Waals surface area contributed by atoms with E-state index >= 15 is 0 Å². The third kappa shape index (κ3) is 3.32. The molecule has 0 spiro atoms. The summed E-state index contributed by atoms with van der Waals surface area (Å²) in [7, 11) is 1.70. The zero-order valence-electron chi connectivity index (χ0n) is 8.10. The van der Waals surface area contributed by atoms with Crippen LogP contribution in [0.25, 0.3) is 0 Å². The maximum absolute atomic E-state index is 5.32. The molecule has 0 aliphatic rings. The second-order valence-corrected chi connectivity index (χ2v) is 4.53. The van der Waals surface area contributed by atoms with Crippen molar-refractivity contribution in [3.05, 3.63) is 24.3 Å². The lowest BCUT2D eigenvalue weighted by molar-refractivity contribution is 0.172. The van der Waals surface area contributed by atoms with Crippen LogP contribution in [-0.2, 0) is 4.74 Å². The molecule has 0 amide bonds. The number of aromatic nitrogens is 2. The Bertz CT molecular complexity index is 241. The van der Waals surface area contributed by atoms with Crippen molar-refractivity contribution in [3.8, 4) is 0 Å². The van der Waals surface area contributed by atoms with Gasteiger partial charge in [0.2, 0.25) is 0 Å². The highest BCUT2D eigenvalue weighted by Gasteiger charge is 2.13. The van der Waals surface area contributed by atoms with Crippen LogP contribution < -0.4 is 0 Å². The van der Waals surface area contributed by atoms with Gasteiger partial charge in [0.05, 0.1) is 5.69 Å². The van der Waals surface area contributed by atoms with E-state index in [0.717, 1.165) is 5.69 Å². The average molecular weight is 198 g/mol. The van der Waals surface area contributed by atoms with Crippen LogP contribution in [0.1, 0.15) is 25.0 Å². The third-order valence-corrected chi connectivity index (χ3v) is 2.68. The third-order valence-electron chi connectivity index (χ3n) is 1.46. The van der Waals surface area contributed by atoms with E-state index in [1.54, 1.807) is 31.4 Å². The first kappa shape index (κ1) is 10.5. The van der Waals surface area contributed by atoms with Crippen molar-refractivity contribution in [1.29, 1.82) is 0 Å². The molecule has 0 aromatic carbocycles. The molecule has 0 N–H and O–H groups in total. The molecule has 13 heavy (non-hydrogen) atoms. The molecule has 3 nitrogen and oxygen atoms in total. The predicted octanol–water partition coefficient (Wildman–Crippen LogP) is 2.26. The number of hydrogen-bond donors (Lipinski definition) is 0. The standard InChI is InChI=1S/C9H14N2OS/c1-7(2)13-9(12-3)8-4-5-10-6-11-8/h4-7,9H,1-3H3. The monoisotopic (exact) mass is 198 g/mol. The molecule has 72 valence electrons. The fourth-order valence-corrected chi connectivity index (χ4v) is 1.82. The first-order valence-electron chi connectivity index (χ1n) is 4.18. The summed E-state index contributed by atoms with van der Waals surface area (Å²) in [5.74, 6) is 0. The molecule has 0 radical (unpaired) electrons. The number of nitrogens with zero attached hydrogens (tertiary/aromatic N) is 2. The highest BCUT2D eigenvalue weighted by molar-refractivity contribution is 7.99. The molecule has 0 aliphatic heterocycles. The number of rotatable bonds is 4. The minimum Gasteiger partial charge on any atom is -0.364 e. The summed E-state index contributed by atoms with van der Waals surface area (Å²) in [6.07, 6.45) is 3.28. The number of thioether (sulfide) groups is 1. The van der Waals surface area contributed by atoms with Crippen molar-refractivity contribution >= 4 is 11.8 Å². The molecule has 0 saturated carbocycles. The summed E-state index contributed by atoms with van der Waals surface area (Å²) in [4.78, 5) is 8.01. The summed E-state index contributed by atoms with van der Waals surface area (Å²) in [5.41, 5.74) is 0.944. The second kappa shape index (κ2) is 5.19. The van der Waals surface area contributed by atoms with Crippen LogP contribution >= 0.6 is 11.8 Å². The van der Waals surface area contributed by atoms with Crippen molar-refractivity contribution in [2.45, 2.75) is 24.5 Å². The highest BCUT2D eigenvalue weighted by atomic mass is 32.2. The molecule has 1 heterocycles. The van der Waals surface area contributed by atoms with E-state index in [1.165, 1.54) is 0 Å². The molecule has 1 aromatic rings. The SMILES string of the molecule is COC(SC(C)C)c1ccncn1. The number of ether oxygens (including phenoxy) is 1. The van der Waals surface area contributed by atoms with E-state index in [1.807, 2.05) is 6.07 Å². The van der Waals surface area contributed by atoms with Crippen molar-refractivity contribution in [1.82, 2.24) is 9.97 Å². The van der Waals surface area contributed by atoms with Gasteiger partial charge in [-0.15, -0.1) is 11.8 Å². The van der Waals surface area contributed by atoms with Crippen LogP contribution in [0.3, 0.4) is 0 Å². The minimum absolute atomic E-state index is 0.0167. The molecular formula is C9H14N2OS. The zero-order chi connectivity index (χ0) is 9.68. The molecule has 1 atom stereocenters. The smallest absolute Gasteiger partial charge is 0.145 e. The van der Waals surface area contributed by atoms with Gasteiger partial charge in [0.15, 0.2) is 0 Å². The predicted molar refractivity (Wildman–Crippen MR) is 54.5 cm³/mol. The Morgan fingerprint density at radius 1 is 1.46 bits per heavy atom. The van der Waals surface area contributed by atoms with Crippen molar-refractivity contribution in [2.24, 2.45) is 0 Å². The van der Waals surface area contributed by atoms with Crippen molar-refractivity contribution < 1.29 is 4.74 Å². The Morgan fingerprint density at radius 3 is 2.69 bits per heavy atom.